The topological polar surface area (TPSA) is 510 Å². The number of alkyl halides is 1. The smallest absolute Gasteiger partial charge is 0.330 e. The van der Waals surface area contributed by atoms with Crippen LogP contribution in [0.15, 0.2) is 78.9 Å². The van der Waals surface area contributed by atoms with Crippen LogP contribution in [0.4, 0.5) is 0 Å². The Bertz CT molecular complexity index is 4080. The maximum atomic E-state index is 16.0. The van der Waals surface area contributed by atoms with Gasteiger partial charge in [0.2, 0.25) is 53.4 Å². The van der Waals surface area contributed by atoms with Gasteiger partial charge in [-0.25, -0.2) is 4.79 Å². The summed E-state index contributed by atoms with van der Waals surface area (Å²) in [6.07, 6.45) is -17.2. The molecule has 5 aromatic rings. The first kappa shape index (κ1) is 75.2. The Hall–Kier alpha value is -8.43. The van der Waals surface area contributed by atoms with Gasteiger partial charge < -0.3 is 123 Å². The highest BCUT2D eigenvalue weighted by atomic mass is 127. The number of nitrogens with two attached hydrogens (primary N) is 2. The van der Waals surface area contributed by atoms with E-state index in [1.54, 1.807) is 0 Å². The van der Waals surface area contributed by atoms with Gasteiger partial charge >= 0.3 is 5.97 Å². The van der Waals surface area contributed by atoms with E-state index in [0.29, 0.717) is 0 Å². The number of carbonyl (C=O) groups excluding carboxylic acids is 7. The number of hydrogen-bond donors (Lipinski definition) is 18. The number of hydrogen-bond acceptors (Lipinski definition) is 24. The molecule has 7 aliphatic heterocycles. The Morgan fingerprint density at radius 3 is 1.91 bits per heavy atom. The van der Waals surface area contributed by atoms with E-state index in [2.05, 4.69) is 37.2 Å². The summed E-state index contributed by atoms with van der Waals surface area (Å²) in [5, 5.41) is 120. The lowest BCUT2D eigenvalue weighted by molar-refractivity contribution is -0.328. The fraction of sp³-hybridized carbons (Fsp3) is 0.424. The standard InChI is InChI=1S/C66H74Cl2IN9O23/c1-23(2)12-34(72-5)58(88)77-49-51(83)26-7-10-38(32(67)14-26)97-40-16-28-17-41(55(40)101-65-56(54(86)53(85)42(22-69)99-65)100-44-21-66(4,71)57(87)24(3)96-44)98-39-11-8-27(15-33(39)68)52(84)50-63(93)76-48(64(94)95)31-18-29(79)19-37(81)45(31)30-13-25(6-9-36(30)80)46(60(90)78-50)75-61(91)47(28)74-59(89)35(20-43(70)82)73-62(49)92/h6-11,13-19,23-24,34-35,42,44,46-54,56-57,65,72,79-81,83-87H,12,20-22,71H2,1-5H3,(H2,70,82)(H,73,92)(H,74,89)(H,75,91)(H,76,93)(H,77,88)(H,78,90)(H,94,95)/t24?,34-,35+,42?,44?,46-,47-,48-,49-,50+,51-,52-,53?,54?,56?,57?,65?,66?/m1/s1. The molecule has 11 bridgehead atoms. The number of fused-ring (bicyclic) bond motifs is 15. The molecular weight excluding hydrogens is 1480 g/mol. The fourth-order valence-corrected chi connectivity index (χ4v) is 13.7. The largest absolute Gasteiger partial charge is 0.508 e. The number of benzene rings is 5. The zero-order valence-electron chi connectivity index (χ0n) is 54.3. The van der Waals surface area contributed by atoms with E-state index in [0.717, 1.165) is 60.7 Å². The lowest BCUT2D eigenvalue weighted by Gasteiger charge is -2.47. The molecule has 7 heterocycles. The number of carboxylic acids is 1. The second-order valence-corrected chi connectivity index (χ2v) is 27.4. The van der Waals surface area contributed by atoms with Gasteiger partial charge in [-0.15, -0.1) is 0 Å². The van der Waals surface area contributed by atoms with Crippen molar-refractivity contribution in [3.63, 3.8) is 0 Å². The van der Waals surface area contributed by atoms with Crippen molar-refractivity contribution in [1.29, 1.82) is 0 Å². The number of phenols is 3. The summed E-state index contributed by atoms with van der Waals surface area (Å²) >= 11 is 16.0. The quantitative estimate of drug-likeness (QED) is 0.0587. The molecule has 7 amide bonds. The van der Waals surface area contributed by atoms with Gasteiger partial charge in [-0.05, 0) is 110 Å². The predicted octanol–water partition coefficient (Wildman–Crippen LogP) is 1.55. The third kappa shape index (κ3) is 16.1. The Morgan fingerprint density at radius 2 is 1.33 bits per heavy atom. The van der Waals surface area contributed by atoms with Crippen molar-refractivity contribution in [1.82, 2.24) is 37.2 Å². The monoisotopic (exact) mass is 1560 g/mol. The zero-order valence-corrected chi connectivity index (χ0v) is 57.9. The molecule has 7 aliphatic rings. The molecule has 12 rings (SSSR count). The summed E-state index contributed by atoms with van der Waals surface area (Å²) in [5.41, 5.74) is 8.23. The SMILES string of the molecule is CN[C@H](CC(C)C)C(=O)N[C@H]1C(=O)N[C@@H](CC(N)=O)C(=O)N[C@H]2C(=O)N[C@H]3C(=O)N[C@H](C(=O)N[C@@H](C(=O)O)c4cc(O)cc(O)c4-c4cc3ccc4O)[C@H](O)c3ccc(c(Cl)c3)Oc3cc2cc(c3OC2OC(CI)C(O)C(O)C2OC2CC(C)(N)C(O)C(C)O2)Oc2ccc(cc2Cl)[C@H]1O. The Morgan fingerprint density at radius 1 is 0.723 bits per heavy atom. The Balaban J connectivity index is 1.24. The van der Waals surface area contributed by atoms with Gasteiger partial charge in [0.25, 0.3) is 0 Å². The van der Waals surface area contributed by atoms with E-state index >= 15 is 14.4 Å². The lowest BCUT2D eigenvalue weighted by Crippen LogP contribution is -2.64. The van der Waals surface area contributed by atoms with Crippen LogP contribution in [0.2, 0.25) is 10.0 Å². The van der Waals surface area contributed by atoms with Gasteiger partial charge in [0.15, 0.2) is 29.9 Å². The van der Waals surface area contributed by atoms with E-state index in [-0.39, 0.29) is 56.4 Å². The van der Waals surface area contributed by atoms with E-state index < -0.39 is 225 Å². The number of likely N-dealkylation sites (N-methyl/N-ethyl adjacent to an activating group) is 1. The molecule has 542 valence electrons. The zero-order chi connectivity index (χ0) is 73.5. The van der Waals surface area contributed by atoms with Crippen molar-refractivity contribution < 1.29 is 113 Å². The molecule has 0 aliphatic carbocycles. The molecule has 2 fully saturated rings. The van der Waals surface area contributed by atoms with Gasteiger partial charge in [-0.3, -0.25) is 33.6 Å². The molecule has 5 aromatic carbocycles. The molecule has 9 unspecified atom stereocenters. The molecule has 32 nitrogen and oxygen atoms in total. The molecule has 0 saturated carbocycles. The van der Waals surface area contributed by atoms with Crippen LogP contribution in [0.5, 0.6) is 46.0 Å². The van der Waals surface area contributed by atoms with Crippen LogP contribution in [0, 0.1) is 5.92 Å². The van der Waals surface area contributed by atoms with E-state index in [1.165, 1.54) is 39.1 Å². The van der Waals surface area contributed by atoms with Gasteiger partial charge in [0.05, 0.1) is 40.8 Å². The summed E-state index contributed by atoms with van der Waals surface area (Å²) in [7, 11) is 1.48. The van der Waals surface area contributed by atoms with Crippen molar-refractivity contribution in [2.75, 3.05) is 11.5 Å². The molecular formula is C66H74Cl2IN9O23. The minimum Gasteiger partial charge on any atom is -0.508 e. The van der Waals surface area contributed by atoms with Gasteiger partial charge in [-0.2, -0.15) is 0 Å². The van der Waals surface area contributed by atoms with Crippen LogP contribution in [-0.2, 0) is 52.6 Å². The number of rotatable bonds is 13. The predicted molar refractivity (Wildman–Crippen MR) is 361 cm³/mol. The average Bonchev–Trinajstić information content (AvgIpc) is 0.775. The summed E-state index contributed by atoms with van der Waals surface area (Å²) < 4.78 is 38.9. The number of ether oxygens (including phenoxy) is 6. The van der Waals surface area contributed by atoms with Gasteiger partial charge in [0, 0.05) is 39.1 Å². The lowest BCUT2D eigenvalue weighted by atomic mass is 9.86. The number of amides is 7. The van der Waals surface area contributed by atoms with Crippen LogP contribution in [0.1, 0.15) is 105 Å². The Labute approximate surface area is 598 Å². The summed E-state index contributed by atoms with van der Waals surface area (Å²) in [4.78, 5) is 117. The molecule has 101 heavy (non-hydrogen) atoms. The third-order valence-corrected chi connectivity index (χ3v) is 19.2. The molecule has 18 atom stereocenters. The number of carbonyl (C=O) groups is 8. The molecule has 0 aromatic heterocycles. The van der Waals surface area contributed by atoms with Gasteiger partial charge in [0.1, 0.15) is 83.4 Å². The number of aliphatic hydroxyl groups excluding tert-OH is 5. The highest BCUT2D eigenvalue weighted by molar-refractivity contribution is 14.1. The highest BCUT2D eigenvalue weighted by Gasteiger charge is 2.51. The number of aliphatic hydroxyl groups is 5. The number of aromatic hydroxyl groups is 3. The van der Waals surface area contributed by atoms with Crippen molar-refractivity contribution >= 4 is 93.1 Å². The summed E-state index contributed by atoms with van der Waals surface area (Å²) in [6, 6.07) is -0.218. The molecule has 35 heteroatoms. The van der Waals surface area contributed by atoms with Crippen molar-refractivity contribution in [2.24, 2.45) is 17.4 Å². The van der Waals surface area contributed by atoms with Crippen LogP contribution in [0.3, 0.4) is 0 Å². The van der Waals surface area contributed by atoms with Crippen molar-refractivity contribution in [3.8, 4) is 57.1 Å². The molecule has 2 saturated heterocycles. The number of aliphatic carboxylic acids is 1. The second-order valence-electron chi connectivity index (χ2n) is 25.7. The second kappa shape index (κ2) is 30.6. The number of nitrogens with one attached hydrogen (secondary N) is 7. The van der Waals surface area contributed by atoms with Gasteiger partial charge in [-0.1, -0.05) is 77.8 Å². The maximum absolute atomic E-state index is 16.0. The molecule has 0 spiro atoms. The van der Waals surface area contributed by atoms with Crippen LogP contribution >= 0.6 is 45.8 Å². The van der Waals surface area contributed by atoms with E-state index in [1.807, 2.05) is 36.4 Å². The summed E-state index contributed by atoms with van der Waals surface area (Å²) in [6.45, 7) is 6.71. The van der Waals surface area contributed by atoms with Crippen molar-refractivity contribution in [2.45, 2.75) is 156 Å². The first-order valence-electron chi connectivity index (χ1n) is 31.6. The third-order valence-electron chi connectivity index (χ3n) is 17.7. The fourth-order valence-electron chi connectivity index (χ4n) is 12.5. The number of primary amides is 1. The minimum atomic E-state index is -2.31. The number of carboxylic acid groups (broad SMARTS) is 1. The molecule has 0 radical (unpaired) electrons. The van der Waals surface area contributed by atoms with E-state index in [4.69, 9.17) is 63.1 Å². The van der Waals surface area contributed by atoms with Crippen LogP contribution in [0.25, 0.3) is 11.1 Å². The first-order chi connectivity index (χ1) is 47.7. The normalized spacial score (nSPS) is 29.4. The van der Waals surface area contributed by atoms with Crippen molar-refractivity contribution in [3.05, 3.63) is 117 Å². The highest BCUT2D eigenvalue weighted by Crippen LogP contribution is 2.50. The summed E-state index contributed by atoms with van der Waals surface area (Å²) in [5.74, 6) is -15.5. The van der Waals surface area contributed by atoms with Crippen LogP contribution in [-0.4, -0.2) is 184 Å². The minimum absolute atomic E-state index is 0.000439. The Kier molecular flexibility index (Phi) is 22.8. The number of halogens is 3. The van der Waals surface area contributed by atoms with E-state index in [9.17, 15) is 69.9 Å². The average molecular weight is 1560 g/mol. The maximum Gasteiger partial charge on any atom is 0.330 e. The number of phenolic OH excluding ortho intramolecular Hbond substituents is 3. The molecule has 20 N–H and O–H groups in total. The van der Waals surface area contributed by atoms with Crippen LogP contribution < -0.4 is 62.9 Å². The first-order valence-corrected chi connectivity index (χ1v) is 33.9.